The molecule has 0 amide bonds. The maximum atomic E-state index is 10.00. The number of pyridine rings is 1. The van der Waals surface area contributed by atoms with Crippen LogP contribution in [0, 0.1) is 6.92 Å². The minimum Gasteiger partial charge on any atom is -0.504 e. The molecule has 0 saturated heterocycles. The zero-order valence-electron chi connectivity index (χ0n) is 11.2. The van der Waals surface area contributed by atoms with Gasteiger partial charge in [0.05, 0.1) is 5.69 Å². The largest absolute Gasteiger partial charge is 0.504 e. The van der Waals surface area contributed by atoms with Crippen LogP contribution in [0.2, 0.25) is 0 Å². The first-order valence-electron chi connectivity index (χ1n) is 6.49. The molecule has 0 aliphatic rings. The Morgan fingerprint density at radius 2 is 1.75 bits per heavy atom. The van der Waals surface area contributed by atoms with E-state index in [2.05, 4.69) is 4.98 Å². The Morgan fingerprint density at radius 1 is 1.00 bits per heavy atom. The molecule has 0 atom stereocenters. The van der Waals surface area contributed by atoms with E-state index in [9.17, 15) is 5.11 Å². The van der Waals surface area contributed by atoms with Crippen molar-refractivity contribution in [2.75, 3.05) is 0 Å². The molecule has 100 valence electrons. The zero-order valence-corrected chi connectivity index (χ0v) is 11.2. The summed E-state index contributed by atoms with van der Waals surface area (Å²) in [6.45, 7) is 2.28. The Labute approximate surface area is 117 Å². The summed E-state index contributed by atoms with van der Waals surface area (Å²) in [7, 11) is 0. The average Bonchev–Trinajstić information content (AvgIpc) is 2.45. The van der Waals surface area contributed by atoms with Crippen LogP contribution >= 0.6 is 0 Å². The number of benzene rings is 2. The molecule has 0 bridgehead atoms. The summed E-state index contributed by atoms with van der Waals surface area (Å²) < 4.78 is 5.67. The van der Waals surface area contributed by atoms with E-state index in [1.54, 1.807) is 6.07 Å². The molecule has 1 heterocycles. The first-order valence-corrected chi connectivity index (χ1v) is 6.49. The monoisotopic (exact) mass is 265 g/mol. The van der Waals surface area contributed by atoms with Crippen molar-refractivity contribution in [2.24, 2.45) is 0 Å². The molecule has 0 aliphatic carbocycles. The van der Waals surface area contributed by atoms with Crippen LogP contribution in [-0.2, 0) is 6.61 Å². The number of aromatic hydroxyl groups is 1. The van der Waals surface area contributed by atoms with Crippen molar-refractivity contribution in [3.63, 3.8) is 0 Å². The second-order valence-corrected chi connectivity index (χ2v) is 4.73. The standard InChI is InChI=1S/C17H15NO2/c1-12-5-4-8-15(18-12)11-20-17-10-14-7-3-2-6-13(14)9-16(17)19/h2-10,19H,11H2,1H3. The number of aryl methyl sites for hydroxylation is 1. The van der Waals surface area contributed by atoms with Gasteiger partial charge in [0, 0.05) is 5.69 Å². The second-order valence-electron chi connectivity index (χ2n) is 4.73. The van der Waals surface area contributed by atoms with Gasteiger partial charge in [-0.1, -0.05) is 30.3 Å². The van der Waals surface area contributed by atoms with Crippen molar-refractivity contribution < 1.29 is 9.84 Å². The predicted octanol–water partition coefficient (Wildman–Crippen LogP) is 3.83. The zero-order chi connectivity index (χ0) is 13.9. The van der Waals surface area contributed by atoms with Crippen LogP contribution in [0.1, 0.15) is 11.4 Å². The van der Waals surface area contributed by atoms with E-state index in [1.807, 2.05) is 55.5 Å². The summed E-state index contributed by atoms with van der Waals surface area (Å²) in [5.41, 5.74) is 1.80. The van der Waals surface area contributed by atoms with Crippen LogP contribution in [0.25, 0.3) is 10.8 Å². The molecule has 20 heavy (non-hydrogen) atoms. The van der Waals surface area contributed by atoms with Gasteiger partial charge in [0.2, 0.25) is 0 Å². The highest BCUT2D eigenvalue weighted by molar-refractivity contribution is 5.85. The van der Waals surface area contributed by atoms with Gasteiger partial charge in [-0.15, -0.1) is 0 Å². The average molecular weight is 265 g/mol. The lowest BCUT2D eigenvalue weighted by molar-refractivity contribution is 0.285. The topological polar surface area (TPSA) is 42.4 Å². The summed E-state index contributed by atoms with van der Waals surface area (Å²) in [6, 6.07) is 17.2. The summed E-state index contributed by atoms with van der Waals surface area (Å²) in [5.74, 6) is 0.628. The highest BCUT2D eigenvalue weighted by Crippen LogP contribution is 2.31. The van der Waals surface area contributed by atoms with Crippen LogP contribution in [0.3, 0.4) is 0 Å². The molecule has 0 spiro atoms. The number of hydrogen-bond acceptors (Lipinski definition) is 3. The summed E-state index contributed by atoms with van der Waals surface area (Å²) in [4.78, 5) is 4.37. The quantitative estimate of drug-likeness (QED) is 0.782. The first-order chi connectivity index (χ1) is 9.72. The predicted molar refractivity (Wildman–Crippen MR) is 78.9 cm³/mol. The number of fused-ring (bicyclic) bond motifs is 1. The van der Waals surface area contributed by atoms with E-state index >= 15 is 0 Å². The number of rotatable bonds is 3. The van der Waals surface area contributed by atoms with E-state index in [1.165, 1.54) is 0 Å². The first kappa shape index (κ1) is 12.5. The number of phenols is 1. The number of nitrogens with zero attached hydrogens (tertiary/aromatic N) is 1. The second kappa shape index (κ2) is 5.21. The van der Waals surface area contributed by atoms with Gasteiger partial charge >= 0.3 is 0 Å². The van der Waals surface area contributed by atoms with Crippen LogP contribution in [-0.4, -0.2) is 10.1 Å². The Balaban J connectivity index is 1.85. The molecule has 3 rings (SSSR count). The fourth-order valence-electron chi connectivity index (χ4n) is 2.15. The van der Waals surface area contributed by atoms with Crippen molar-refractivity contribution in [1.82, 2.24) is 4.98 Å². The summed E-state index contributed by atoms with van der Waals surface area (Å²) >= 11 is 0. The molecule has 0 aliphatic heterocycles. The minimum absolute atomic E-state index is 0.149. The third kappa shape index (κ3) is 2.57. The third-order valence-electron chi connectivity index (χ3n) is 3.15. The van der Waals surface area contributed by atoms with E-state index in [0.717, 1.165) is 22.2 Å². The van der Waals surface area contributed by atoms with Crippen molar-refractivity contribution in [3.05, 3.63) is 66.0 Å². The molecule has 2 aromatic carbocycles. The van der Waals surface area contributed by atoms with Crippen molar-refractivity contribution in [3.8, 4) is 11.5 Å². The molecular weight excluding hydrogens is 250 g/mol. The van der Waals surface area contributed by atoms with Crippen molar-refractivity contribution >= 4 is 10.8 Å². The van der Waals surface area contributed by atoms with E-state index in [4.69, 9.17) is 4.74 Å². The minimum atomic E-state index is 0.149. The van der Waals surface area contributed by atoms with Gasteiger partial charge < -0.3 is 9.84 Å². The smallest absolute Gasteiger partial charge is 0.162 e. The number of aromatic nitrogens is 1. The lowest BCUT2D eigenvalue weighted by atomic mass is 10.1. The van der Waals surface area contributed by atoms with E-state index in [-0.39, 0.29) is 5.75 Å². The maximum Gasteiger partial charge on any atom is 0.162 e. The fourth-order valence-corrected chi connectivity index (χ4v) is 2.15. The Bertz CT molecular complexity index is 753. The summed E-state index contributed by atoms with van der Waals surface area (Å²) in [6.07, 6.45) is 0. The molecule has 3 aromatic rings. The molecule has 0 unspecified atom stereocenters. The highest BCUT2D eigenvalue weighted by atomic mass is 16.5. The Kier molecular flexibility index (Phi) is 3.25. The molecule has 1 aromatic heterocycles. The van der Waals surface area contributed by atoms with Gasteiger partial charge in [0.25, 0.3) is 0 Å². The number of hydrogen-bond donors (Lipinski definition) is 1. The van der Waals surface area contributed by atoms with Gasteiger partial charge in [-0.05, 0) is 42.0 Å². The Morgan fingerprint density at radius 3 is 2.50 bits per heavy atom. The normalized spacial score (nSPS) is 10.7. The fraction of sp³-hybridized carbons (Fsp3) is 0.118. The van der Waals surface area contributed by atoms with Crippen LogP contribution in [0.15, 0.2) is 54.6 Å². The highest BCUT2D eigenvalue weighted by Gasteiger charge is 2.05. The molecule has 1 N–H and O–H groups in total. The number of phenolic OH excluding ortho intramolecular Hbond substituents is 1. The van der Waals surface area contributed by atoms with Crippen LogP contribution in [0.4, 0.5) is 0 Å². The maximum absolute atomic E-state index is 10.00. The number of ether oxygens (including phenoxy) is 1. The molecule has 0 radical (unpaired) electrons. The van der Waals surface area contributed by atoms with Gasteiger partial charge in [-0.3, -0.25) is 4.98 Å². The molecule has 3 nitrogen and oxygen atoms in total. The van der Waals surface area contributed by atoms with E-state index in [0.29, 0.717) is 12.4 Å². The molecule has 0 saturated carbocycles. The molecular formula is C17H15NO2. The van der Waals surface area contributed by atoms with Gasteiger partial charge in [0.1, 0.15) is 6.61 Å². The van der Waals surface area contributed by atoms with Crippen LogP contribution in [0.5, 0.6) is 11.5 Å². The lowest BCUT2D eigenvalue weighted by Crippen LogP contribution is -1.99. The van der Waals surface area contributed by atoms with E-state index < -0.39 is 0 Å². The SMILES string of the molecule is Cc1cccc(COc2cc3ccccc3cc2O)n1. The summed E-state index contributed by atoms with van der Waals surface area (Å²) in [5, 5.41) is 12.0. The third-order valence-corrected chi connectivity index (χ3v) is 3.15. The van der Waals surface area contributed by atoms with Gasteiger partial charge in [-0.2, -0.15) is 0 Å². The van der Waals surface area contributed by atoms with Crippen molar-refractivity contribution in [2.45, 2.75) is 13.5 Å². The molecule has 0 fully saturated rings. The Hall–Kier alpha value is -2.55. The van der Waals surface area contributed by atoms with Crippen molar-refractivity contribution in [1.29, 1.82) is 0 Å². The lowest BCUT2D eigenvalue weighted by Gasteiger charge is -2.09. The molecule has 3 heteroatoms. The van der Waals surface area contributed by atoms with Gasteiger partial charge in [0.15, 0.2) is 11.5 Å². The van der Waals surface area contributed by atoms with Crippen LogP contribution < -0.4 is 4.74 Å². The van der Waals surface area contributed by atoms with Gasteiger partial charge in [-0.25, -0.2) is 0 Å².